The number of nitrogens with zero attached hydrogens (tertiary/aromatic N) is 1. The van der Waals surface area contributed by atoms with Gasteiger partial charge in [0.2, 0.25) is 5.88 Å². The van der Waals surface area contributed by atoms with E-state index in [2.05, 4.69) is 0 Å². The van der Waals surface area contributed by atoms with Gasteiger partial charge in [0.05, 0.1) is 23.7 Å². The highest BCUT2D eigenvalue weighted by Crippen LogP contribution is 2.41. The molecule has 1 heterocycles. The molecule has 2 N–H and O–H groups in total. The second kappa shape index (κ2) is 8.56. The normalized spacial score (nSPS) is 16.6. The third kappa shape index (κ3) is 4.26. The lowest BCUT2D eigenvalue weighted by Gasteiger charge is -2.27. The number of benzene rings is 2. The van der Waals surface area contributed by atoms with E-state index in [1.54, 1.807) is 19.1 Å². The van der Waals surface area contributed by atoms with Crippen molar-refractivity contribution in [1.82, 2.24) is 0 Å². The zero-order valence-electron chi connectivity index (χ0n) is 16.8. The topological polar surface area (TPSA) is 85.3 Å². The van der Waals surface area contributed by atoms with E-state index >= 15 is 0 Å². The number of nitrogens with two attached hydrogens (primary N) is 1. The molecule has 0 bridgehead atoms. The molecule has 0 saturated carbocycles. The molecule has 3 rings (SSSR count). The van der Waals surface area contributed by atoms with Crippen molar-refractivity contribution in [3.05, 3.63) is 82.4 Å². The summed E-state index contributed by atoms with van der Waals surface area (Å²) in [4.78, 5) is 12.5. The quantitative estimate of drug-likeness (QED) is 0.692. The number of allylic oxidation sites excluding steroid dienone is 2. The Hall–Kier alpha value is -3.73. The van der Waals surface area contributed by atoms with E-state index in [1.165, 1.54) is 37.3 Å². The van der Waals surface area contributed by atoms with Crippen molar-refractivity contribution in [2.24, 2.45) is 5.73 Å². The number of hydrogen-bond donors (Lipinski definition) is 1. The number of nitriles is 1. The van der Waals surface area contributed by atoms with Gasteiger partial charge >= 0.3 is 12.1 Å². The van der Waals surface area contributed by atoms with Gasteiger partial charge in [-0.05, 0) is 36.6 Å². The minimum absolute atomic E-state index is 0.0251. The largest absolute Gasteiger partial charge is 0.463 e. The molecule has 1 aliphatic rings. The smallest absolute Gasteiger partial charge is 0.417 e. The Morgan fingerprint density at radius 2 is 1.84 bits per heavy atom. The second-order valence-electron chi connectivity index (χ2n) is 6.78. The number of carbonyl (C=O) groups excluding carboxylic acids is 1. The van der Waals surface area contributed by atoms with Crippen LogP contribution in [0.15, 0.2) is 71.3 Å². The van der Waals surface area contributed by atoms with Gasteiger partial charge in [-0.15, -0.1) is 0 Å². The molecule has 0 aromatic heterocycles. The summed E-state index contributed by atoms with van der Waals surface area (Å²) in [6.45, 7) is 3.31. The van der Waals surface area contributed by atoms with E-state index in [4.69, 9.17) is 15.2 Å². The van der Waals surface area contributed by atoms with Crippen molar-refractivity contribution in [3.63, 3.8) is 0 Å². The number of alkyl halides is 3. The number of halogens is 3. The SMILES string of the molecule is CCOC(=O)C1=C(C)OC(N)=C(C#N)C1c1ccc(-c2ccccc2C(F)(F)F)cc1. The molecule has 1 atom stereocenters. The van der Waals surface area contributed by atoms with Crippen molar-refractivity contribution in [1.29, 1.82) is 5.26 Å². The maximum atomic E-state index is 13.4. The van der Waals surface area contributed by atoms with E-state index in [9.17, 15) is 23.2 Å². The van der Waals surface area contributed by atoms with Crippen LogP contribution in [0.25, 0.3) is 11.1 Å². The van der Waals surface area contributed by atoms with E-state index in [0.717, 1.165) is 6.07 Å². The van der Waals surface area contributed by atoms with Gasteiger partial charge in [-0.25, -0.2) is 4.79 Å². The minimum atomic E-state index is -4.50. The minimum Gasteiger partial charge on any atom is -0.463 e. The Kier molecular flexibility index (Phi) is 6.07. The molecular weight excluding hydrogens is 409 g/mol. The molecule has 2 aromatic rings. The molecule has 0 amide bonds. The fraction of sp³-hybridized carbons (Fsp3) is 0.217. The highest BCUT2D eigenvalue weighted by atomic mass is 19.4. The highest BCUT2D eigenvalue weighted by Gasteiger charge is 2.37. The molecular formula is C23H19F3N2O3. The van der Waals surface area contributed by atoms with Crippen molar-refractivity contribution < 1.29 is 27.4 Å². The molecule has 5 nitrogen and oxygen atoms in total. The molecule has 2 aromatic carbocycles. The van der Waals surface area contributed by atoms with Crippen LogP contribution in [-0.2, 0) is 20.4 Å². The summed E-state index contributed by atoms with van der Waals surface area (Å²) < 4.78 is 50.6. The summed E-state index contributed by atoms with van der Waals surface area (Å²) in [5.74, 6) is -1.45. The van der Waals surface area contributed by atoms with Crippen LogP contribution in [0.4, 0.5) is 13.2 Å². The van der Waals surface area contributed by atoms with Crippen molar-refractivity contribution in [2.45, 2.75) is 25.9 Å². The molecule has 0 fully saturated rings. The van der Waals surface area contributed by atoms with Crippen LogP contribution < -0.4 is 5.73 Å². The van der Waals surface area contributed by atoms with Crippen molar-refractivity contribution >= 4 is 5.97 Å². The Labute approximate surface area is 177 Å². The van der Waals surface area contributed by atoms with Gasteiger partial charge in [-0.2, -0.15) is 18.4 Å². The summed E-state index contributed by atoms with van der Waals surface area (Å²) in [7, 11) is 0. The fourth-order valence-electron chi connectivity index (χ4n) is 3.53. The highest BCUT2D eigenvalue weighted by molar-refractivity contribution is 5.92. The van der Waals surface area contributed by atoms with Crippen LogP contribution in [0.5, 0.6) is 0 Å². The van der Waals surface area contributed by atoms with Gasteiger partial charge in [0.15, 0.2) is 0 Å². The molecule has 160 valence electrons. The second-order valence-corrected chi connectivity index (χ2v) is 6.78. The molecule has 0 saturated heterocycles. The molecule has 0 radical (unpaired) electrons. The molecule has 1 aliphatic heterocycles. The van der Waals surface area contributed by atoms with Gasteiger partial charge in [0.25, 0.3) is 0 Å². The lowest BCUT2D eigenvalue weighted by Crippen LogP contribution is -2.25. The summed E-state index contributed by atoms with van der Waals surface area (Å²) in [5.41, 5.74) is 6.12. The van der Waals surface area contributed by atoms with E-state index in [1.807, 2.05) is 6.07 Å². The number of rotatable bonds is 4. The third-order valence-corrected chi connectivity index (χ3v) is 4.89. The predicted octanol–water partition coefficient (Wildman–Crippen LogP) is 5.02. The number of hydrogen-bond acceptors (Lipinski definition) is 5. The van der Waals surface area contributed by atoms with Crippen LogP contribution in [-0.4, -0.2) is 12.6 Å². The van der Waals surface area contributed by atoms with E-state index in [0.29, 0.717) is 11.1 Å². The lowest BCUT2D eigenvalue weighted by atomic mass is 9.82. The van der Waals surface area contributed by atoms with Gasteiger partial charge in [-0.1, -0.05) is 42.5 Å². The summed E-state index contributed by atoms with van der Waals surface area (Å²) in [5, 5.41) is 9.60. The van der Waals surface area contributed by atoms with Gasteiger partial charge in [-0.3, -0.25) is 0 Å². The maximum absolute atomic E-state index is 13.4. The van der Waals surface area contributed by atoms with Crippen LogP contribution in [0.1, 0.15) is 30.9 Å². The molecule has 8 heteroatoms. The lowest BCUT2D eigenvalue weighted by molar-refractivity contribution is -0.139. The summed E-state index contributed by atoms with van der Waals surface area (Å²) in [6, 6.07) is 13.4. The zero-order valence-corrected chi connectivity index (χ0v) is 16.8. The van der Waals surface area contributed by atoms with Crippen molar-refractivity contribution in [2.75, 3.05) is 6.61 Å². The Morgan fingerprint density at radius 3 is 2.42 bits per heavy atom. The number of carbonyl (C=O) groups is 1. The predicted molar refractivity (Wildman–Crippen MR) is 107 cm³/mol. The molecule has 1 unspecified atom stereocenters. The third-order valence-electron chi connectivity index (χ3n) is 4.89. The first-order valence-electron chi connectivity index (χ1n) is 9.41. The molecule has 31 heavy (non-hydrogen) atoms. The molecule has 0 spiro atoms. The Balaban J connectivity index is 2.09. The summed E-state index contributed by atoms with van der Waals surface area (Å²) in [6.07, 6.45) is -4.50. The van der Waals surface area contributed by atoms with Crippen LogP contribution >= 0.6 is 0 Å². The summed E-state index contributed by atoms with van der Waals surface area (Å²) >= 11 is 0. The van der Waals surface area contributed by atoms with Gasteiger partial charge in [0.1, 0.15) is 17.4 Å². The maximum Gasteiger partial charge on any atom is 0.417 e. The van der Waals surface area contributed by atoms with Crippen molar-refractivity contribution in [3.8, 4) is 17.2 Å². The van der Waals surface area contributed by atoms with E-state index < -0.39 is 23.6 Å². The number of esters is 1. The average Bonchev–Trinajstić information content (AvgIpc) is 2.73. The Bertz CT molecular complexity index is 1110. The molecule has 0 aliphatic carbocycles. The van der Waals surface area contributed by atoms with Gasteiger partial charge in [0, 0.05) is 0 Å². The fourth-order valence-corrected chi connectivity index (χ4v) is 3.53. The first-order chi connectivity index (χ1) is 14.7. The first kappa shape index (κ1) is 22.0. The average molecular weight is 428 g/mol. The van der Waals surface area contributed by atoms with Gasteiger partial charge < -0.3 is 15.2 Å². The van der Waals surface area contributed by atoms with E-state index in [-0.39, 0.29) is 35.0 Å². The number of ether oxygens (including phenoxy) is 2. The Morgan fingerprint density at radius 1 is 1.19 bits per heavy atom. The van der Waals surface area contributed by atoms with Crippen LogP contribution in [0.2, 0.25) is 0 Å². The first-order valence-corrected chi connectivity index (χ1v) is 9.41. The van der Waals surface area contributed by atoms with Crippen LogP contribution in [0.3, 0.4) is 0 Å². The van der Waals surface area contributed by atoms with Crippen LogP contribution in [0, 0.1) is 11.3 Å². The monoisotopic (exact) mass is 428 g/mol. The standard InChI is InChI=1S/C23H19F3N2O3/c1-3-30-22(29)19-13(2)31-21(28)17(12-27)20(19)15-10-8-14(9-11-15)16-6-4-5-7-18(16)23(24,25)26/h4-11,20H,3,28H2,1-2H3. The zero-order chi connectivity index (χ0) is 22.8.